The quantitative estimate of drug-likeness (QED) is 0.826. The number of amides is 1. The Hall–Kier alpha value is -2.16. The van der Waals surface area contributed by atoms with Crippen molar-refractivity contribution in [2.24, 2.45) is 0 Å². The summed E-state index contributed by atoms with van der Waals surface area (Å²) in [5, 5.41) is 0. The standard InChI is InChI=1S/C20H22N2O/c1-14-10-16(15-6-5-9-21-12-15)11-17-13-22(20(23)19(14)17)18-7-3-2-4-8-18/h5-6,9-12,18H,2-4,7-8,13H2,1H3. The van der Waals surface area contributed by atoms with Gasteiger partial charge in [-0.15, -0.1) is 0 Å². The molecule has 1 aromatic carbocycles. The van der Waals surface area contributed by atoms with Crippen LogP contribution >= 0.6 is 0 Å². The number of aromatic nitrogens is 1. The van der Waals surface area contributed by atoms with Crippen LogP contribution in [-0.2, 0) is 6.54 Å². The van der Waals surface area contributed by atoms with Gasteiger partial charge in [-0.2, -0.15) is 0 Å². The van der Waals surface area contributed by atoms with E-state index < -0.39 is 0 Å². The van der Waals surface area contributed by atoms with Crippen LogP contribution in [0, 0.1) is 6.92 Å². The van der Waals surface area contributed by atoms with Gasteiger partial charge in [0.05, 0.1) is 0 Å². The molecule has 0 unspecified atom stereocenters. The second kappa shape index (κ2) is 5.80. The zero-order valence-electron chi connectivity index (χ0n) is 13.6. The van der Waals surface area contributed by atoms with Crippen molar-refractivity contribution in [3.05, 3.63) is 53.3 Å². The summed E-state index contributed by atoms with van der Waals surface area (Å²) in [6, 6.07) is 8.77. The Balaban J connectivity index is 1.69. The Morgan fingerprint density at radius 1 is 1.13 bits per heavy atom. The van der Waals surface area contributed by atoms with Gasteiger partial charge in [0.1, 0.15) is 0 Å². The second-order valence-electron chi connectivity index (χ2n) is 6.79. The summed E-state index contributed by atoms with van der Waals surface area (Å²) in [6.07, 6.45) is 9.82. The number of hydrogen-bond acceptors (Lipinski definition) is 2. The molecule has 1 amide bonds. The van der Waals surface area contributed by atoms with Crippen molar-refractivity contribution >= 4 is 5.91 Å². The SMILES string of the molecule is Cc1cc(-c2cccnc2)cc2c1C(=O)N(C1CCCCC1)C2. The first kappa shape index (κ1) is 14.4. The zero-order chi connectivity index (χ0) is 15.8. The fourth-order valence-electron chi connectivity index (χ4n) is 4.08. The predicted octanol–water partition coefficient (Wildman–Crippen LogP) is 4.35. The molecule has 2 heterocycles. The first-order valence-electron chi connectivity index (χ1n) is 8.59. The molecule has 3 heteroatoms. The molecule has 4 rings (SSSR count). The Labute approximate surface area is 137 Å². The van der Waals surface area contributed by atoms with E-state index >= 15 is 0 Å². The molecular weight excluding hydrogens is 284 g/mol. The van der Waals surface area contributed by atoms with Gasteiger partial charge in [-0.1, -0.05) is 31.4 Å². The Bertz CT molecular complexity index is 733. The number of fused-ring (bicyclic) bond motifs is 1. The highest BCUT2D eigenvalue weighted by atomic mass is 16.2. The van der Waals surface area contributed by atoms with Crippen molar-refractivity contribution in [3.63, 3.8) is 0 Å². The number of nitrogens with zero attached hydrogens (tertiary/aromatic N) is 2. The lowest BCUT2D eigenvalue weighted by molar-refractivity contribution is 0.0659. The van der Waals surface area contributed by atoms with Crippen LogP contribution in [-0.4, -0.2) is 21.8 Å². The van der Waals surface area contributed by atoms with Gasteiger partial charge in [0.15, 0.2) is 0 Å². The van der Waals surface area contributed by atoms with Crippen LogP contribution in [0.4, 0.5) is 0 Å². The Morgan fingerprint density at radius 3 is 2.70 bits per heavy atom. The second-order valence-corrected chi connectivity index (χ2v) is 6.79. The molecule has 0 saturated heterocycles. The maximum Gasteiger partial charge on any atom is 0.255 e. The normalized spacial score (nSPS) is 18.3. The van der Waals surface area contributed by atoms with Crippen molar-refractivity contribution in [2.45, 2.75) is 51.6 Å². The van der Waals surface area contributed by atoms with E-state index in [1.165, 1.54) is 24.8 Å². The third-order valence-electron chi connectivity index (χ3n) is 5.24. The lowest BCUT2D eigenvalue weighted by atomic mass is 9.94. The topological polar surface area (TPSA) is 33.2 Å². The van der Waals surface area contributed by atoms with Gasteiger partial charge >= 0.3 is 0 Å². The van der Waals surface area contributed by atoms with Crippen LogP contribution in [0.25, 0.3) is 11.1 Å². The molecule has 2 aliphatic rings. The number of pyridine rings is 1. The van der Waals surface area contributed by atoms with E-state index in [1.54, 1.807) is 6.20 Å². The van der Waals surface area contributed by atoms with E-state index in [-0.39, 0.29) is 5.91 Å². The van der Waals surface area contributed by atoms with E-state index in [0.29, 0.717) is 6.04 Å². The maximum atomic E-state index is 12.9. The lowest BCUT2D eigenvalue weighted by Crippen LogP contribution is -2.36. The van der Waals surface area contributed by atoms with Gasteiger partial charge in [0.2, 0.25) is 0 Å². The van der Waals surface area contributed by atoms with Crippen LogP contribution < -0.4 is 0 Å². The zero-order valence-corrected chi connectivity index (χ0v) is 13.6. The van der Waals surface area contributed by atoms with E-state index in [9.17, 15) is 4.79 Å². The molecular formula is C20H22N2O. The third kappa shape index (κ3) is 2.54. The van der Waals surface area contributed by atoms with E-state index in [1.807, 2.05) is 12.3 Å². The molecule has 0 atom stereocenters. The van der Waals surface area contributed by atoms with Gasteiger partial charge in [0.25, 0.3) is 5.91 Å². The average molecular weight is 306 g/mol. The fourth-order valence-corrected chi connectivity index (χ4v) is 4.08. The van der Waals surface area contributed by atoms with Crippen LogP contribution in [0.1, 0.15) is 53.6 Å². The van der Waals surface area contributed by atoms with Gasteiger partial charge < -0.3 is 4.90 Å². The molecule has 0 N–H and O–H groups in total. The van der Waals surface area contributed by atoms with Crippen molar-refractivity contribution in [2.75, 3.05) is 0 Å². The minimum Gasteiger partial charge on any atom is -0.331 e. The first-order valence-corrected chi connectivity index (χ1v) is 8.59. The number of carbonyl (C=O) groups is 1. The lowest BCUT2D eigenvalue weighted by Gasteiger charge is -2.30. The molecule has 0 spiro atoms. The molecule has 0 bridgehead atoms. The Kier molecular flexibility index (Phi) is 3.64. The summed E-state index contributed by atoms with van der Waals surface area (Å²) < 4.78 is 0. The molecule has 1 aliphatic carbocycles. The first-order chi connectivity index (χ1) is 11.2. The summed E-state index contributed by atoms with van der Waals surface area (Å²) >= 11 is 0. The monoisotopic (exact) mass is 306 g/mol. The van der Waals surface area contributed by atoms with Crippen LogP contribution in [0.5, 0.6) is 0 Å². The highest BCUT2D eigenvalue weighted by Gasteiger charge is 2.34. The molecule has 1 aromatic heterocycles. The molecule has 3 nitrogen and oxygen atoms in total. The number of benzene rings is 1. The number of hydrogen-bond donors (Lipinski definition) is 0. The number of rotatable bonds is 2. The minimum absolute atomic E-state index is 0.238. The van der Waals surface area contributed by atoms with Gasteiger partial charge in [0, 0.05) is 36.1 Å². The smallest absolute Gasteiger partial charge is 0.255 e. The summed E-state index contributed by atoms with van der Waals surface area (Å²) in [4.78, 5) is 19.2. The highest BCUT2D eigenvalue weighted by Crippen LogP contribution is 2.35. The van der Waals surface area contributed by atoms with Crippen molar-refractivity contribution in [1.82, 2.24) is 9.88 Å². The van der Waals surface area contributed by atoms with Crippen molar-refractivity contribution in [1.29, 1.82) is 0 Å². The highest BCUT2D eigenvalue weighted by molar-refractivity contribution is 6.00. The third-order valence-corrected chi connectivity index (χ3v) is 5.24. The molecule has 0 radical (unpaired) electrons. The summed E-state index contributed by atoms with van der Waals surface area (Å²) in [5.41, 5.74) is 5.47. The largest absolute Gasteiger partial charge is 0.331 e. The molecule has 118 valence electrons. The summed E-state index contributed by atoms with van der Waals surface area (Å²) in [7, 11) is 0. The predicted molar refractivity (Wildman–Crippen MR) is 91.2 cm³/mol. The summed E-state index contributed by atoms with van der Waals surface area (Å²) in [6.45, 7) is 2.83. The van der Waals surface area contributed by atoms with Crippen molar-refractivity contribution < 1.29 is 4.79 Å². The maximum absolute atomic E-state index is 12.9. The van der Waals surface area contributed by atoms with Crippen LogP contribution in [0.2, 0.25) is 0 Å². The summed E-state index contributed by atoms with van der Waals surface area (Å²) in [5.74, 6) is 0.238. The van der Waals surface area contributed by atoms with Crippen molar-refractivity contribution in [3.8, 4) is 11.1 Å². The van der Waals surface area contributed by atoms with Gasteiger partial charge in [-0.05, 0) is 48.6 Å². The molecule has 1 fully saturated rings. The van der Waals surface area contributed by atoms with E-state index in [0.717, 1.165) is 41.6 Å². The molecule has 1 saturated carbocycles. The molecule has 2 aromatic rings. The van der Waals surface area contributed by atoms with Crippen LogP contribution in [0.3, 0.4) is 0 Å². The molecule has 23 heavy (non-hydrogen) atoms. The van der Waals surface area contributed by atoms with Gasteiger partial charge in [-0.3, -0.25) is 9.78 Å². The number of carbonyl (C=O) groups excluding carboxylic acids is 1. The number of aryl methyl sites for hydroxylation is 1. The molecule has 1 aliphatic heterocycles. The van der Waals surface area contributed by atoms with E-state index in [4.69, 9.17) is 0 Å². The average Bonchev–Trinajstić information content (AvgIpc) is 2.94. The van der Waals surface area contributed by atoms with E-state index in [2.05, 4.69) is 35.0 Å². The Morgan fingerprint density at radius 2 is 1.96 bits per heavy atom. The van der Waals surface area contributed by atoms with Gasteiger partial charge in [-0.25, -0.2) is 0 Å². The van der Waals surface area contributed by atoms with Crippen LogP contribution in [0.15, 0.2) is 36.7 Å². The minimum atomic E-state index is 0.238. The fraction of sp³-hybridized carbons (Fsp3) is 0.400.